The fraction of sp³-hybridized carbons (Fsp3) is 0.867. The summed E-state index contributed by atoms with van der Waals surface area (Å²) in [7, 11) is 0. The van der Waals surface area contributed by atoms with E-state index in [2.05, 4.69) is 37.5 Å². The molecular formula is C15H25NO. The third-order valence-corrected chi connectivity index (χ3v) is 4.12. The summed E-state index contributed by atoms with van der Waals surface area (Å²) in [5.74, 6) is 5.96. The van der Waals surface area contributed by atoms with Gasteiger partial charge < -0.3 is 5.11 Å². The van der Waals surface area contributed by atoms with E-state index in [-0.39, 0.29) is 0 Å². The second kappa shape index (κ2) is 4.30. The van der Waals surface area contributed by atoms with Gasteiger partial charge in [-0.1, -0.05) is 32.6 Å². The number of rotatable bonds is 1. The smallest absolute Gasteiger partial charge is 0.112 e. The first-order valence-corrected chi connectivity index (χ1v) is 6.70. The standard InChI is InChI=1S/C15H25NO/c1-12(17)6-5-7-16-11-15(4)9-13(16)8-14(2,3)10-15/h12-13,17H,7-11H2,1-4H3. The van der Waals surface area contributed by atoms with Crippen molar-refractivity contribution < 1.29 is 5.11 Å². The molecule has 2 heteroatoms. The summed E-state index contributed by atoms with van der Waals surface area (Å²) < 4.78 is 0. The molecule has 1 aliphatic heterocycles. The first-order chi connectivity index (χ1) is 7.80. The zero-order valence-corrected chi connectivity index (χ0v) is 11.6. The minimum atomic E-state index is -0.496. The van der Waals surface area contributed by atoms with Crippen LogP contribution in [-0.4, -0.2) is 35.2 Å². The quantitative estimate of drug-likeness (QED) is 0.705. The van der Waals surface area contributed by atoms with Crippen LogP contribution in [-0.2, 0) is 0 Å². The Morgan fingerprint density at radius 2 is 2.06 bits per heavy atom. The highest BCUT2D eigenvalue weighted by Gasteiger charge is 2.49. The molecular weight excluding hydrogens is 210 g/mol. The molecule has 1 heterocycles. The van der Waals surface area contributed by atoms with E-state index in [0.29, 0.717) is 16.9 Å². The first-order valence-electron chi connectivity index (χ1n) is 6.70. The Bertz CT molecular complexity index is 350. The van der Waals surface area contributed by atoms with Crippen LogP contribution in [0.2, 0.25) is 0 Å². The molecule has 0 amide bonds. The van der Waals surface area contributed by atoms with Crippen LogP contribution in [0.1, 0.15) is 47.0 Å². The lowest BCUT2D eigenvalue weighted by Gasteiger charge is -2.39. The van der Waals surface area contributed by atoms with Crippen molar-refractivity contribution in [2.45, 2.75) is 59.1 Å². The first kappa shape index (κ1) is 12.9. The molecule has 0 aromatic carbocycles. The Morgan fingerprint density at radius 1 is 1.35 bits per heavy atom. The van der Waals surface area contributed by atoms with Crippen LogP contribution in [0.15, 0.2) is 0 Å². The maximum atomic E-state index is 9.16. The van der Waals surface area contributed by atoms with Crippen molar-refractivity contribution in [1.29, 1.82) is 0 Å². The van der Waals surface area contributed by atoms with Crippen molar-refractivity contribution in [1.82, 2.24) is 4.90 Å². The van der Waals surface area contributed by atoms with E-state index >= 15 is 0 Å². The third kappa shape index (κ3) is 3.03. The molecule has 2 fully saturated rings. The molecule has 1 N–H and O–H groups in total. The van der Waals surface area contributed by atoms with Gasteiger partial charge in [-0.3, -0.25) is 4.90 Å². The van der Waals surface area contributed by atoms with Gasteiger partial charge in [-0.05, 0) is 37.0 Å². The zero-order valence-electron chi connectivity index (χ0n) is 11.6. The van der Waals surface area contributed by atoms with Gasteiger partial charge in [-0.25, -0.2) is 0 Å². The molecule has 0 aromatic heterocycles. The van der Waals surface area contributed by atoms with E-state index in [1.54, 1.807) is 6.92 Å². The van der Waals surface area contributed by atoms with Crippen LogP contribution in [0.3, 0.4) is 0 Å². The van der Waals surface area contributed by atoms with E-state index in [9.17, 15) is 0 Å². The minimum Gasteiger partial charge on any atom is -0.381 e. The number of aliphatic hydroxyl groups excluding tert-OH is 1. The number of hydrogen-bond donors (Lipinski definition) is 1. The number of aliphatic hydroxyl groups is 1. The van der Waals surface area contributed by atoms with Crippen LogP contribution < -0.4 is 0 Å². The Hall–Kier alpha value is -0.520. The van der Waals surface area contributed by atoms with Crippen LogP contribution in [0.25, 0.3) is 0 Å². The summed E-state index contributed by atoms with van der Waals surface area (Å²) >= 11 is 0. The van der Waals surface area contributed by atoms with Crippen LogP contribution in [0.4, 0.5) is 0 Å². The molecule has 17 heavy (non-hydrogen) atoms. The molecule has 0 spiro atoms. The number of likely N-dealkylation sites (tertiary alicyclic amines) is 1. The van der Waals surface area contributed by atoms with Gasteiger partial charge in [0.25, 0.3) is 0 Å². The van der Waals surface area contributed by atoms with Crippen molar-refractivity contribution in [2.24, 2.45) is 10.8 Å². The molecule has 2 nitrogen and oxygen atoms in total. The number of nitrogens with zero attached hydrogens (tertiary/aromatic N) is 1. The second-order valence-corrected chi connectivity index (χ2v) is 7.12. The fourth-order valence-corrected chi connectivity index (χ4v) is 4.06. The summed E-state index contributed by atoms with van der Waals surface area (Å²) in [5, 5.41) is 9.16. The van der Waals surface area contributed by atoms with Crippen LogP contribution >= 0.6 is 0 Å². The van der Waals surface area contributed by atoms with E-state index < -0.39 is 6.10 Å². The van der Waals surface area contributed by atoms with E-state index in [4.69, 9.17) is 5.11 Å². The maximum absolute atomic E-state index is 9.16. The van der Waals surface area contributed by atoms with Gasteiger partial charge in [0.2, 0.25) is 0 Å². The Kier molecular flexibility index (Phi) is 3.27. The highest BCUT2D eigenvalue weighted by atomic mass is 16.3. The lowest BCUT2D eigenvalue weighted by atomic mass is 9.65. The lowest BCUT2D eigenvalue weighted by Crippen LogP contribution is -2.34. The topological polar surface area (TPSA) is 23.5 Å². The van der Waals surface area contributed by atoms with Gasteiger partial charge in [0.15, 0.2) is 0 Å². The van der Waals surface area contributed by atoms with E-state index in [1.807, 2.05) is 0 Å². The normalized spacial score (nSPS) is 37.4. The predicted octanol–water partition coefficient (Wildman–Crippen LogP) is 2.27. The van der Waals surface area contributed by atoms with E-state index in [1.165, 1.54) is 25.8 Å². The average Bonchev–Trinajstić information content (AvgIpc) is 2.34. The molecule has 2 aliphatic rings. The molecule has 3 unspecified atom stereocenters. The highest BCUT2D eigenvalue weighted by Crippen LogP contribution is 2.52. The van der Waals surface area contributed by atoms with Gasteiger partial charge in [0.05, 0.1) is 6.54 Å². The molecule has 2 bridgehead atoms. The summed E-state index contributed by atoms with van der Waals surface area (Å²) in [6.45, 7) is 10.9. The summed E-state index contributed by atoms with van der Waals surface area (Å²) in [6, 6.07) is 0.701. The van der Waals surface area contributed by atoms with E-state index in [0.717, 1.165) is 6.54 Å². The summed E-state index contributed by atoms with van der Waals surface area (Å²) in [5.41, 5.74) is 0.961. The SMILES string of the molecule is CC(O)C#CCN1CC2(C)CC1CC(C)(C)C2. The molecule has 1 aliphatic carbocycles. The minimum absolute atomic E-state index is 0.476. The molecule has 96 valence electrons. The van der Waals surface area contributed by atoms with Gasteiger partial charge in [-0.2, -0.15) is 0 Å². The predicted molar refractivity (Wildman–Crippen MR) is 70.6 cm³/mol. The Morgan fingerprint density at radius 3 is 2.71 bits per heavy atom. The van der Waals surface area contributed by atoms with Gasteiger partial charge in [-0.15, -0.1) is 0 Å². The highest BCUT2D eigenvalue weighted by molar-refractivity contribution is 5.09. The van der Waals surface area contributed by atoms with Crippen molar-refractivity contribution in [3.8, 4) is 11.8 Å². The van der Waals surface area contributed by atoms with Crippen molar-refractivity contribution in [2.75, 3.05) is 13.1 Å². The lowest BCUT2D eigenvalue weighted by molar-refractivity contribution is 0.129. The van der Waals surface area contributed by atoms with Crippen molar-refractivity contribution in [3.63, 3.8) is 0 Å². The zero-order chi connectivity index (χ0) is 12.7. The monoisotopic (exact) mass is 235 g/mol. The molecule has 1 saturated carbocycles. The summed E-state index contributed by atoms with van der Waals surface area (Å²) in [6.07, 6.45) is 3.45. The third-order valence-electron chi connectivity index (χ3n) is 4.12. The molecule has 3 atom stereocenters. The largest absolute Gasteiger partial charge is 0.381 e. The van der Waals surface area contributed by atoms with Gasteiger partial charge in [0.1, 0.15) is 6.10 Å². The fourth-order valence-electron chi connectivity index (χ4n) is 4.06. The molecule has 2 rings (SSSR count). The maximum Gasteiger partial charge on any atom is 0.112 e. The van der Waals surface area contributed by atoms with Crippen molar-refractivity contribution >= 4 is 0 Å². The average molecular weight is 235 g/mol. The summed E-state index contributed by atoms with van der Waals surface area (Å²) in [4.78, 5) is 2.52. The van der Waals surface area contributed by atoms with Crippen LogP contribution in [0, 0.1) is 22.7 Å². The number of fused-ring (bicyclic) bond motifs is 2. The van der Waals surface area contributed by atoms with Gasteiger partial charge in [0, 0.05) is 12.6 Å². The number of hydrogen-bond acceptors (Lipinski definition) is 2. The molecule has 0 radical (unpaired) electrons. The second-order valence-electron chi connectivity index (χ2n) is 7.12. The Balaban J connectivity index is 2.02. The molecule has 1 saturated heterocycles. The van der Waals surface area contributed by atoms with Crippen molar-refractivity contribution in [3.05, 3.63) is 0 Å². The molecule has 0 aromatic rings. The van der Waals surface area contributed by atoms with Gasteiger partial charge >= 0.3 is 0 Å². The Labute approximate surface area is 105 Å². The van der Waals surface area contributed by atoms with Crippen LogP contribution in [0.5, 0.6) is 0 Å².